The molecule has 0 N–H and O–H groups in total. The molecule has 0 aromatic rings. The highest BCUT2D eigenvalue weighted by Crippen LogP contribution is 2.04. The van der Waals surface area contributed by atoms with Crippen LogP contribution in [-0.2, 0) is 4.79 Å². The Hall–Kier alpha value is -0.753. The topological polar surface area (TPSA) is 20.3 Å². The Bertz CT molecular complexity index is 167. The molecule has 0 spiro atoms. The summed E-state index contributed by atoms with van der Waals surface area (Å²) in [7, 11) is 2.94. The molecule has 1 amide bonds. The molecule has 0 unspecified atom stereocenters. The summed E-state index contributed by atoms with van der Waals surface area (Å²) in [4.78, 5) is 11.9. The van der Waals surface area contributed by atoms with Gasteiger partial charge in [-0.15, -0.1) is 5.54 Å². The summed E-state index contributed by atoms with van der Waals surface area (Å²) in [5, 5.41) is 0. The summed E-state index contributed by atoms with van der Waals surface area (Å²) < 4.78 is 0. The zero-order valence-corrected chi connectivity index (χ0v) is 5.27. The standard InChI is InChI=1S/C5H4NOSi/c7-5-1-2-6(5)3-4-8/h1-2H2. The zero-order valence-electron chi connectivity index (χ0n) is 4.27. The molecule has 8 heavy (non-hydrogen) atoms. The van der Waals surface area contributed by atoms with Crippen LogP contribution < -0.4 is 0 Å². The molecule has 2 nitrogen and oxygen atoms in total. The van der Waals surface area contributed by atoms with Crippen LogP contribution in [0.25, 0.3) is 0 Å². The Labute approximate surface area is 51.3 Å². The second-order valence-electron chi connectivity index (χ2n) is 1.53. The Morgan fingerprint density at radius 3 is 2.62 bits per heavy atom. The fourth-order valence-corrected chi connectivity index (χ4v) is 0.636. The van der Waals surface area contributed by atoms with Crippen LogP contribution in [0.15, 0.2) is 0 Å². The van der Waals surface area contributed by atoms with Gasteiger partial charge < -0.3 is 0 Å². The molecule has 3 heteroatoms. The summed E-state index contributed by atoms with van der Waals surface area (Å²) in [6, 6.07) is 2.58. The van der Waals surface area contributed by atoms with E-state index in [0.717, 1.165) is 6.54 Å². The first kappa shape index (κ1) is 5.38. The van der Waals surface area contributed by atoms with Crippen molar-refractivity contribution in [3.05, 3.63) is 0 Å². The number of carbonyl (C=O) groups excluding carboxylic acids is 1. The van der Waals surface area contributed by atoms with Crippen LogP contribution in [0.2, 0.25) is 0 Å². The van der Waals surface area contributed by atoms with Crippen molar-refractivity contribution in [1.82, 2.24) is 4.90 Å². The van der Waals surface area contributed by atoms with E-state index < -0.39 is 0 Å². The van der Waals surface area contributed by atoms with E-state index in [-0.39, 0.29) is 5.91 Å². The Morgan fingerprint density at radius 1 is 1.75 bits per heavy atom. The summed E-state index contributed by atoms with van der Waals surface area (Å²) in [6.07, 6.45) is 0.654. The van der Waals surface area contributed by atoms with Gasteiger partial charge in [-0.1, -0.05) is 0 Å². The molecule has 1 aliphatic heterocycles. The first-order valence-corrected chi connectivity index (χ1v) is 2.82. The highest BCUT2D eigenvalue weighted by Gasteiger charge is 2.20. The summed E-state index contributed by atoms with van der Waals surface area (Å²) >= 11 is 0. The minimum absolute atomic E-state index is 0.121. The lowest BCUT2D eigenvalue weighted by Gasteiger charge is -2.23. The van der Waals surface area contributed by atoms with E-state index in [0.29, 0.717) is 6.42 Å². The molecule has 0 aromatic heterocycles. The maximum absolute atomic E-state index is 10.4. The minimum atomic E-state index is 0.121. The molecule has 0 bridgehead atoms. The van der Waals surface area contributed by atoms with Crippen LogP contribution in [0.1, 0.15) is 6.42 Å². The van der Waals surface area contributed by atoms with E-state index in [1.54, 1.807) is 0 Å². The Morgan fingerprint density at radius 2 is 2.50 bits per heavy atom. The largest absolute Gasteiger partial charge is 0.274 e. The number of hydrogen-bond acceptors (Lipinski definition) is 1. The van der Waals surface area contributed by atoms with E-state index in [1.165, 1.54) is 4.90 Å². The van der Waals surface area contributed by atoms with Crippen LogP contribution in [0.5, 0.6) is 0 Å². The van der Waals surface area contributed by atoms with E-state index in [2.05, 4.69) is 21.8 Å². The first-order chi connectivity index (χ1) is 3.84. The van der Waals surface area contributed by atoms with Crippen molar-refractivity contribution >= 4 is 16.1 Å². The molecular weight excluding hydrogens is 118 g/mol. The van der Waals surface area contributed by atoms with Crippen molar-refractivity contribution in [3.8, 4) is 11.6 Å². The van der Waals surface area contributed by atoms with Crippen molar-refractivity contribution in [2.75, 3.05) is 6.54 Å². The average Bonchev–Trinajstić information content (AvgIpc) is 1.79. The summed E-state index contributed by atoms with van der Waals surface area (Å²) in [5.41, 5.74) is 2.46. The number of carbonyl (C=O) groups is 1. The number of β-lactam (4-membered cyclic amide) rings is 1. The molecule has 0 saturated carbocycles. The summed E-state index contributed by atoms with van der Waals surface area (Å²) in [6.45, 7) is 0.788. The van der Waals surface area contributed by atoms with Gasteiger partial charge in [-0.2, -0.15) is 0 Å². The van der Waals surface area contributed by atoms with Gasteiger partial charge in [0.1, 0.15) is 10.2 Å². The fraction of sp³-hybridized carbons (Fsp3) is 0.400. The van der Waals surface area contributed by atoms with E-state index in [1.807, 2.05) is 0 Å². The van der Waals surface area contributed by atoms with E-state index in [4.69, 9.17) is 0 Å². The van der Waals surface area contributed by atoms with Crippen molar-refractivity contribution in [2.45, 2.75) is 6.42 Å². The van der Waals surface area contributed by atoms with Gasteiger partial charge in [0.25, 0.3) is 0 Å². The lowest BCUT2D eigenvalue weighted by molar-refractivity contribution is -0.135. The average molecular weight is 122 g/mol. The minimum Gasteiger partial charge on any atom is -0.274 e. The molecule has 1 heterocycles. The Balaban J connectivity index is 2.46. The molecule has 0 aromatic carbocycles. The number of amides is 1. The van der Waals surface area contributed by atoms with Crippen LogP contribution >= 0.6 is 0 Å². The quantitative estimate of drug-likeness (QED) is 0.236. The number of hydrogen-bond donors (Lipinski definition) is 0. The SMILES string of the molecule is O=C1CCN1C#C[Si]. The predicted octanol–water partition coefficient (Wildman–Crippen LogP) is -0.694. The molecule has 1 rings (SSSR count). The van der Waals surface area contributed by atoms with Gasteiger partial charge in [-0.25, -0.2) is 0 Å². The lowest BCUT2D eigenvalue weighted by Crippen LogP contribution is -2.39. The van der Waals surface area contributed by atoms with Gasteiger partial charge in [0, 0.05) is 19.0 Å². The summed E-state index contributed by atoms with van der Waals surface area (Å²) in [5.74, 6) is 0.121. The van der Waals surface area contributed by atoms with E-state index >= 15 is 0 Å². The number of likely N-dealkylation sites (tertiary alicyclic amines) is 1. The third-order valence-corrected chi connectivity index (χ3v) is 1.15. The van der Waals surface area contributed by atoms with Gasteiger partial charge in [-0.05, 0) is 0 Å². The number of rotatable bonds is 0. The van der Waals surface area contributed by atoms with Crippen molar-refractivity contribution in [1.29, 1.82) is 0 Å². The molecule has 1 saturated heterocycles. The maximum Gasteiger partial charge on any atom is 0.235 e. The third-order valence-electron chi connectivity index (χ3n) is 1.04. The second-order valence-corrected chi connectivity index (χ2v) is 1.78. The third kappa shape index (κ3) is 0.748. The smallest absolute Gasteiger partial charge is 0.235 e. The van der Waals surface area contributed by atoms with E-state index in [9.17, 15) is 4.79 Å². The molecule has 39 valence electrons. The highest BCUT2D eigenvalue weighted by atomic mass is 28.1. The van der Waals surface area contributed by atoms with Crippen LogP contribution in [-0.4, -0.2) is 27.6 Å². The molecule has 1 aliphatic rings. The maximum atomic E-state index is 10.4. The molecule has 0 atom stereocenters. The van der Waals surface area contributed by atoms with Gasteiger partial charge in [-0.3, -0.25) is 9.69 Å². The molecule has 1 fully saturated rings. The molecule has 3 radical (unpaired) electrons. The van der Waals surface area contributed by atoms with Crippen LogP contribution in [0.3, 0.4) is 0 Å². The monoisotopic (exact) mass is 122 g/mol. The first-order valence-electron chi connectivity index (χ1n) is 2.32. The lowest BCUT2D eigenvalue weighted by atomic mass is 10.2. The van der Waals surface area contributed by atoms with Crippen LogP contribution in [0, 0.1) is 11.6 Å². The zero-order chi connectivity index (χ0) is 5.98. The fourth-order valence-electron chi connectivity index (χ4n) is 0.501. The van der Waals surface area contributed by atoms with Gasteiger partial charge in [0.15, 0.2) is 0 Å². The van der Waals surface area contributed by atoms with Gasteiger partial charge in [0.05, 0.1) is 0 Å². The van der Waals surface area contributed by atoms with Crippen molar-refractivity contribution in [2.24, 2.45) is 0 Å². The van der Waals surface area contributed by atoms with Crippen molar-refractivity contribution in [3.63, 3.8) is 0 Å². The molecular formula is C5H4NOSi. The van der Waals surface area contributed by atoms with Crippen molar-refractivity contribution < 1.29 is 4.79 Å². The normalized spacial score (nSPS) is 16.6. The second kappa shape index (κ2) is 2.01. The van der Waals surface area contributed by atoms with Gasteiger partial charge >= 0.3 is 0 Å². The highest BCUT2D eigenvalue weighted by molar-refractivity contribution is 6.22. The van der Waals surface area contributed by atoms with Gasteiger partial charge in [0.2, 0.25) is 5.91 Å². The number of nitrogens with zero attached hydrogens (tertiary/aromatic N) is 1. The Kier molecular flexibility index (Phi) is 1.35. The molecule has 0 aliphatic carbocycles. The van der Waals surface area contributed by atoms with Crippen LogP contribution in [0.4, 0.5) is 0 Å². The predicted molar refractivity (Wildman–Crippen MR) is 29.9 cm³/mol.